The number of hydrogen-bond acceptors (Lipinski definition) is 2. The quantitative estimate of drug-likeness (QED) is 0.667. The average Bonchev–Trinajstić information content (AvgIpc) is 2.99. The van der Waals surface area contributed by atoms with Crippen LogP contribution in [0.15, 0.2) is 35.9 Å². The van der Waals surface area contributed by atoms with Crippen LogP contribution in [0.5, 0.6) is 0 Å². The largest absolute Gasteiger partial charge is 0.478 e. The van der Waals surface area contributed by atoms with Crippen molar-refractivity contribution in [2.75, 3.05) is 0 Å². The van der Waals surface area contributed by atoms with E-state index in [1.807, 2.05) is 19.1 Å². The number of hydrogen-bond donors (Lipinski definition) is 2. The predicted octanol–water partition coefficient (Wildman–Crippen LogP) is 4.90. The highest BCUT2D eigenvalue weighted by atomic mass is 16.4. The lowest BCUT2D eigenvalue weighted by Crippen LogP contribution is -1.97. The molecule has 2 N–H and O–H groups in total. The number of aryl methyl sites for hydroxylation is 3. The summed E-state index contributed by atoms with van der Waals surface area (Å²) < 4.78 is 0. The molecule has 0 saturated heterocycles. The zero-order chi connectivity index (χ0) is 18.1. The van der Waals surface area contributed by atoms with E-state index in [0.29, 0.717) is 5.57 Å². The van der Waals surface area contributed by atoms with Crippen LogP contribution in [0, 0.1) is 13.8 Å². The second-order valence-electron chi connectivity index (χ2n) is 6.43. The van der Waals surface area contributed by atoms with Crippen LogP contribution in [0.1, 0.15) is 36.4 Å². The summed E-state index contributed by atoms with van der Waals surface area (Å²) in [5, 5.41) is 9.08. The van der Waals surface area contributed by atoms with E-state index in [4.69, 9.17) is 5.11 Å². The Balaban J connectivity index is 2.07. The second kappa shape index (κ2) is 6.55. The van der Waals surface area contributed by atoms with Gasteiger partial charge in [-0.15, -0.1) is 0 Å². The zero-order valence-corrected chi connectivity index (χ0v) is 15.0. The van der Waals surface area contributed by atoms with Crippen LogP contribution in [-0.4, -0.2) is 21.0 Å². The Hall–Kier alpha value is -2.88. The third kappa shape index (κ3) is 3.33. The number of aliphatic carboxylic acids is 1. The third-order valence-corrected chi connectivity index (χ3v) is 4.50. The van der Waals surface area contributed by atoms with Crippen LogP contribution >= 0.6 is 0 Å². The summed E-state index contributed by atoms with van der Waals surface area (Å²) in [7, 11) is 0. The molecule has 0 spiro atoms. The van der Waals surface area contributed by atoms with Crippen LogP contribution in [-0.2, 0) is 11.2 Å². The fourth-order valence-corrected chi connectivity index (χ4v) is 3.00. The summed E-state index contributed by atoms with van der Waals surface area (Å²) in [4.78, 5) is 19.0. The van der Waals surface area contributed by atoms with Gasteiger partial charge in [-0.2, -0.15) is 0 Å². The van der Waals surface area contributed by atoms with Crippen LogP contribution in [0.4, 0.5) is 0 Å². The molecule has 0 fully saturated rings. The number of H-pyrrole nitrogens is 1. The minimum Gasteiger partial charge on any atom is -0.478 e. The van der Waals surface area contributed by atoms with Crippen molar-refractivity contribution >= 4 is 23.1 Å². The van der Waals surface area contributed by atoms with Crippen molar-refractivity contribution in [2.24, 2.45) is 0 Å². The van der Waals surface area contributed by atoms with Crippen LogP contribution < -0.4 is 0 Å². The number of nitrogens with zero attached hydrogens (tertiary/aromatic N) is 1. The Morgan fingerprint density at radius 2 is 1.96 bits per heavy atom. The SMILES string of the molecule is CCc1nc2ccc(-c3cc(C)c(C=C(C)C(=O)O)cc3C)cc2[nH]1. The Labute approximate surface area is 147 Å². The first kappa shape index (κ1) is 17.0. The first-order valence-electron chi connectivity index (χ1n) is 8.41. The monoisotopic (exact) mass is 334 g/mol. The highest BCUT2D eigenvalue weighted by molar-refractivity contribution is 5.92. The molecule has 0 amide bonds. The van der Waals surface area contributed by atoms with Crippen molar-refractivity contribution in [2.45, 2.75) is 34.1 Å². The van der Waals surface area contributed by atoms with E-state index in [1.165, 1.54) is 0 Å². The second-order valence-corrected chi connectivity index (χ2v) is 6.43. The van der Waals surface area contributed by atoms with Gasteiger partial charge in [-0.25, -0.2) is 9.78 Å². The summed E-state index contributed by atoms with van der Waals surface area (Å²) in [5.74, 6) is 0.0993. The molecule has 0 aliphatic rings. The molecule has 4 nitrogen and oxygen atoms in total. The molecule has 3 aromatic rings. The van der Waals surface area contributed by atoms with Gasteiger partial charge in [0, 0.05) is 12.0 Å². The number of imidazole rings is 1. The minimum absolute atomic E-state index is 0.334. The van der Waals surface area contributed by atoms with E-state index in [2.05, 4.69) is 42.0 Å². The molecular formula is C21H22N2O2. The Morgan fingerprint density at radius 3 is 2.64 bits per heavy atom. The number of benzene rings is 2. The fraction of sp³-hybridized carbons (Fsp3) is 0.238. The highest BCUT2D eigenvalue weighted by Gasteiger charge is 2.09. The van der Waals surface area contributed by atoms with Gasteiger partial charge < -0.3 is 10.1 Å². The summed E-state index contributed by atoms with van der Waals surface area (Å²) in [6.45, 7) is 7.75. The average molecular weight is 334 g/mol. The Morgan fingerprint density at radius 1 is 1.20 bits per heavy atom. The maximum Gasteiger partial charge on any atom is 0.331 e. The lowest BCUT2D eigenvalue weighted by molar-refractivity contribution is -0.132. The van der Waals surface area contributed by atoms with Crippen LogP contribution in [0.3, 0.4) is 0 Å². The normalized spacial score (nSPS) is 11.9. The first-order chi connectivity index (χ1) is 11.9. The lowest BCUT2D eigenvalue weighted by Gasteiger charge is -2.11. The Kier molecular flexibility index (Phi) is 4.45. The van der Waals surface area contributed by atoms with E-state index >= 15 is 0 Å². The number of carbonyl (C=O) groups is 1. The van der Waals surface area contributed by atoms with E-state index in [0.717, 1.165) is 51.1 Å². The molecule has 128 valence electrons. The van der Waals surface area contributed by atoms with Crippen molar-refractivity contribution in [3.63, 3.8) is 0 Å². The third-order valence-electron chi connectivity index (χ3n) is 4.50. The molecule has 0 bridgehead atoms. The molecule has 1 aromatic heterocycles. The topological polar surface area (TPSA) is 66.0 Å². The minimum atomic E-state index is -0.891. The van der Waals surface area contributed by atoms with Gasteiger partial charge in [0.15, 0.2) is 0 Å². The van der Waals surface area contributed by atoms with Gasteiger partial charge in [-0.1, -0.05) is 25.1 Å². The molecule has 3 rings (SSSR count). The van der Waals surface area contributed by atoms with Crippen molar-refractivity contribution in [1.82, 2.24) is 9.97 Å². The van der Waals surface area contributed by atoms with Gasteiger partial charge >= 0.3 is 5.97 Å². The smallest absolute Gasteiger partial charge is 0.331 e. The maximum atomic E-state index is 11.1. The van der Waals surface area contributed by atoms with Gasteiger partial charge in [-0.3, -0.25) is 0 Å². The van der Waals surface area contributed by atoms with Crippen molar-refractivity contribution in [1.29, 1.82) is 0 Å². The summed E-state index contributed by atoms with van der Waals surface area (Å²) in [6, 6.07) is 10.4. The number of aromatic nitrogens is 2. The molecular weight excluding hydrogens is 312 g/mol. The van der Waals surface area contributed by atoms with Crippen molar-refractivity contribution < 1.29 is 9.90 Å². The molecule has 0 atom stereocenters. The molecule has 0 saturated carbocycles. The molecule has 1 heterocycles. The van der Waals surface area contributed by atoms with Crippen molar-refractivity contribution in [3.05, 3.63) is 58.4 Å². The van der Waals surface area contributed by atoms with Gasteiger partial charge in [0.25, 0.3) is 0 Å². The van der Waals surface area contributed by atoms with Crippen molar-refractivity contribution in [3.8, 4) is 11.1 Å². The number of aromatic amines is 1. The van der Waals surface area contributed by atoms with Gasteiger partial charge in [0.05, 0.1) is 11.0 Å². The van der Waals surface area contributed by atoms with Gasteiger partial charge in [0.1, 0.15) is 5.82 Å². The number of carboxylic acids is 1. The fourth-order valence-electron chi connectivity index (χ4n) is 3.00. The first-order valence-corrected chi connectivity index (χ1v) is 8.41. The number of fused-ring (bicyclic) bond motifs is 1. The van der Waals surface area contributed by atoms with E-state index in [1.54, 1.807) is 13.0 Å². The summed E-state index contributed by atoms with van der Waals surface area (Å²) in [6.07, 6.45) is 2.60. The van der Waals surface area contributed by atoms with Gasteiger partial charge in [0.2, 0.25) is 0 Å². The number of rotatable bonds is 4. The molecule has 0 unspecified atom stereocenters. The lowest BCUT2D eigenvalue weighted by atomic mass is 9.94. The predicted molar refractivity (Wildman–Crippen MR) is 102 cm³/mol. The molecule has 0 radical (unpaired) electrons. The van der Waals surface area contributed by atoms with E-state index in [-0.39, 0.29) is 0 Å². The molecule has 25 heavy (non-hydrogen) atoms. The maximum absolute atomic E-state index is 11.1. The summed E-state index contributed by atoms with van der Waals surface area (Å²) in [5.41, 5.74) is 7.74. The molecule has 0 aliphatic heterocycles. The van der Waals surface area contributed by atoms with E-state index < -0.39 is 5.97 Å². The molecule has 0 aliphatic carbocycles. The van der Waals surface area contributed by atoms with Gasteiger partial charge in [-0.05, 0) is 66.8 Å². The van der Waals surface area contributed by atoms with E-state index in [9.17, 15) is 4.79 Å². The molecule has 2 aromatic carbocycles. The number of nitrogens with one attached hydrogen (secondary N) is 1. The number of carboxylic acid groups (broad SMARTS) is 1. The molecule has 4 heteroatoms. The summed E-state index contributed by atoms with van der Waals surface area (Å²) >= 11 is 0. The van der Waals surface area contributed by atoms with Crippen LogP contribution in [0.25, 0.3) is 28.2 Å². The van der Waals surface area contributed by atoms with Crippen LogP contribution in [0.2, 0.25) is 0 Å². The standard InChI is InChI=1S/C21H22N2O2/c1-5-20-22-18-7-6-15(11-19(18)23-20)17-10-12(2)16(8-13(17)3)9-14(4)21(24)25/h6-11H,5H2,1-4H3,(H,22,23)(H,24,25). The zero-order valence-electron chi connectivity index (χ0n) is 15.0. The Bertz CT molecular complexity index is 997. The highest BCUT2D eigenvalue weighted by Crippen LogP contribution is 2.29.